The second kappa shape index (κ2) is 7.23. The summed E-state index contributed by atoms with van der Waals surface area (Å²) in [6.45, 7) is 0.761. The Morgan fingerprint density at radius 2 is 1.94 bits per heavy atom. The first-order valence-electron chi connectivity index (χ1n) is 5.80. The van der Waals surface area contributed by atoms with Crippen molar-refractivity contribution in [2.45, 2.75) is 32.1 Å². The highest BCUT2D eigenvalue weighted by Crippen LogP contribution is 2.19. The van der Waals surface area contributed by atoms with Gasteiger partial charge in [-0.05, 0) is 43.5 Å². The number of benzene rings is 1. The summed E-state index contributed by atoms with van der Waals surface area (Å²) in [7, 11) is 1.48. The molecule has 0 fully saturated rings. The zero-order chi connectivity index (χ0) is 11.8. The molecule has 0 aliphatic carbocycles. The van der Waals surface area contributed by atoms with Gasteiger partial charge in [-0.15, -0.1) is 0 Å². The van der Waals surface area contributed by atoms with E-state index in [-0.39, 0.29) is 5.82 Å². The van der Waals surface area contributed by atoms with Crippen molar-refractivity contribution in [1.29, 1.82) is 0 Å². The molecule has 0 unspecified atom stereocenters. The van der Waals surface area contributed by atoms with E-state index in [2.05, 4.69) is 0 Å². The van der Waals surface area contributed by atoms with Crippen LogP contribution in [0.3, 0.4) is 0 Å². The molecule has 0 aliphatic rings. The van der Waals surface area contributed by atoms with Crippen molar-refractivity contribution < 1.29 is 9.13 Å². The molecule has 1 rings (SSSR count). The van der Waals surface area contributed by atoms with Gasteiger partial charge in [0.1, 0.15) is 0 Å². The summed E-state index contributed by atoms with van der Waals surface area (Å²) in [6, 6.07) is 5.16. The van der Waals surface area contributed by atoms with E-state index in [0.717, 1.165) is 44.2 Å². The average molecular weight is 225 g/mol. The fraction of sp³-hybridized carbons (Fsp3) is 0.538. The molecule has 2 N–H and O–H groups in total. The summed E-state index contributed by atoms with van der Waals surface area (Å²) >= 11 is 0. The summed E-state index contributed by atoms with van der Waals surface area (Å²) in [5, 5.41) is 0. The van der Waals surface area contributed by atoms with Crippen molar-refractivity contribution in [2.24, 2.45) is 5.73 Å². The lowest BCUT2D eigenvalue weighted by Crippen LogP contribution is -1.98. The number of ether oxygens (including phenoxy) is 1. The summed E-state index contributed by atoms with van der Waals surface area (Å²) in [5.41, 5.74) is 6.44. The zero-order valence-electron chi connectivity index (χ0n) is 9.84. The van der Waals surface area contributed by atoms with E-state index in [0.29, 0.717) is 5.75 Å². The topological polar surface area (TPSA) is 35.2 Å². The lowest BCUT2D eigenvalue weighted by atomic mass is 10.1. The Kier molecular flexibility index (Phi) is 5.86. The monoisotopic (exact) mass is 225 g/mol. The standard InChI is InChI=1S/C13H20FNO/c1-16-13-8-7-11(10-12(13)14)6-4-2-3-5-9-15/h7-8,10H,2-6,9,15H2,1H3. The Labute approximate surface area is 96.6 Å². The molecule has 0 bridgehead atoms. The van der Waals surface area contributed by atoms with Crippen LogP contribution in [0.1, 0.15) is 31.2 Å². The molecule has 0 atom stereocenters. The first kappa shape index (κ1) is 13.0. The molecular formula is C13H20FNO. The van der Waals surface area contributed by atoms with Gasteiger partial charge in [0.15, 0.2) is 11.6 Å². The average Bonchev–Trinajstić information content (AvgIpc) is 2.29. The minimum atomic E-state index is -0.276. The highest BCUT2D eigenvalue weighted by atomic mass is 19.1. The van der Waals surface area contributed by atoms with E-state index in [1.54, 1.807) is 12.1 Å². The number of rotatable bonds is 7. The zero-order valence-corrected chi connectivity index (χ0v) is 9.84. The summed E-state index contributed by atoms with van der Waals surface area (Å²) in [6.07, 6.45) is 5.41. The minimum absolute atomic E-state index is 0.276. The Morgan fingerprint density at radius 3 is 2.56 bits per heavy atom. The van der Waals surface area contributed by atoms with Crippen molar-refractivity contribution in [2.75, 3.05) is 13.7 Å². The molecule has 0 spiro atoms. The molecule has 0 radical (unpaired) electrons. The molecule has 2 nitrogen and oxygen atoms in total. The molecule has 3 heteroatoms. The molecule has 16 heavy (non-hydrogen) atoms. The van der Waals surface area contributed by atoms with Crippen LogP contribution >= 0.6 is 0 Å². The summed E-state index contributed by atoms with van der Waals surface area (Å²) < 4.78 is 18.2. The summed E-state index contributed by atoms with van der Waals surface area (Å²) in [5.74, 6) is 0.0360. The predicted molar refractivity (Wildman–Crippen MR) is 64.2 cm³/mol. The van der Waals surface area contributed by atoms with Gasteiger partial charge in [0.05, 0.1) is 7.11 Å². The van der Waals surface area contributed by atoms with Gasteiger partial charge in [-0.25, -0.2) is 4.39 Å². The number of hydrogen-bond donors (Lipinski definition) is 1. The maximum Gasteiger partial charge on any atom is 0.165 e. The highest BCUT2D eigenvalue weighted by molar-refractivity contribution is 5.29. The van der Waals surface area contributed by atoms with Crippen LogP contribution in [0.15, 0.2) is 18.2 Å². The van der Waals surface area contributed by atoms with Crippen molar-refractivity contribution in [1.82, 2.24) is 0 Å². The smallest absolute Gasteiger partial charge is 0.165 e. The second-order valence-corrected chi connectivity index (χ2v) is 3.92. The number of hydrogen-bond acceptors (Lipinski definition) is 2. The molecular weight excluding hydrogens is 205 g/mol. The number of methoxy groups -OCH3 is 1. The third kappa shape index (κ3) is 4.19. The molecule has 90 valence electrons. The van der Waals surface area contributed by atoms with Gasteiger partial charge in [0.2, 0.25) is 0 Å². The summed E-state index contributed by atoms with van der Waals surface area (Å²) in [4.78, 5) is 0. The number of unbranched alkanes of at least 4 members (excludes halogenated alkanes) is 3. The fourth-order valence-corrected chi connectivity index (χ4v) is 1.69. The van der Waals surface area contributed by atoms with Crippen molar-refractivity contribution >= 4 is 0 Å². The Hall–Kier alpha value is -1.09. The van der Waals surface area contributed by atoms with Crippen LogP contribution in [0, 0.1) is 5.82 Å². The van der Waals surface area contributed by atoms with Crippen LogP contribution in [0.2, 0.25) is 0 Å². The Morgan fingerprint density at radius 1 is 1.19 bits per heavy atom. The second-order valence-electron chi connectivity index (χ2n) is 3.92. The van der Waals surface area contributed by atoms with Crippen LogP contribution in [0.5, 0.6) is 5.75 Å². The maximum absolute atomic E-state index is 13.3. The van der Waals surface area contributed by atoms with E-state index in [4.69, 9.17) is 10.5 Å². The third-order valence-electron chi connectivity index (χ3n) is 2.64. The third-order valence-corrected chi connectivity index (χ3v) is 2.64. The Balaban J connectivity index is 2.34. The van der Waals surface area contributed by atoms with Crippen LogP contribution < -0.4 is 10.5 Å². The van der Waals surface area contributed by atoms with Crippen molar-refractivity contribution in [3.8, 4) is 5.75 Å². The van der Waals surface area contributed by atoms with Crippen LogP contribution in [-0.4, -0.2) is 13.7 Å². The van der Waals surface area contributed by atoms with E-state index in [1.165, 1.54) is 7.11 Å². The molecule has 0 heterocycles. The molecule has 0 saturated carbocycles. The van der Waals surface area contributed by atoms with E-state index >= 15 is 0 Å². The molecule has 0 aromatic heterocycles. The van der Waals surface area contributed by atoms with Gasteiger partial charge in [0, 0.05) is 0 Å². The van der Waals surface area contributed by atoms with Gasteiger partial charge in [-0.3, -0.25) is 0 Å². The van der Waals surface area contributed by atoms with Crippen LogP contribution in [0.25, 0.3) is 0 Å². The lowest BCUT2D eigenvalue weighted by molar-refractivity contribution is 0.386. The van der Waals surface area contributed by atoms with E-state index < -0.39 is 0 Å². The molecule has 1 aromatic carbocycles. The maximum atomic E-state index is 13.3. The number of aryl methyl sites for hydroxylation is 1. The van der Waals surface area contributed by atoms with Gasteiger partial charge in [0.25, 0.3) is 0 Å². The predicted octanol–water partition coefficient (Wildman–Crippen LogP) is 2.90. The number of nitrogens with two attached hydrogens (primary N) is 1. The number of halogens is 1. The van der Waals surface area contributed by atoms with Gasteiger partial charge in [-0.1, -0.05) is 18.9 Å². The van der Waals surface area contributed by atoms with Gasteiger partial charge in [-0.2, -0.15) is 0 Å². The first-order valence-corrected chi connectivity index (χ1v) is 5.80. The first-order chi connectivity index (χ1) is 7.77. The molecule has 1 aromatic rings. The largest absolute Gasteiger partial charge is 0.494 e. The fourth-order valence-electron chi connectivity index (χ4n) is 1.69. The Bertz CT molecular complexity index is 315. The molecule has 0 amide bonds. The van der Waals surface area contributed by atoms with Gasteiger partial charge >= 0.3 is 0 Å². The highest BCUT2D eigenvalue weighted by Gasteiger charge is 2.02. The van der Waals surface area contributed by atoms with Crippen LogP contribution in [0.4, 0.5) is 4.39 Å². The lowest BCUT2D eigenvalue weighted by Gasteiger charge is -2.05. The molecule has 0 saturated heterocycles. The van der Waals surface area contributed by atoms with Crippen molar-refractivity contribution in [3.05, 3.63) is 29.6 Å². The normalized spacial score (nSPS) is 10.4. The van der Waals surface area contributed by atoms with Crippen LogP contribution in [-0.2, 0) is 6.42 Å². The van der Waals surface area contributed by atoms with E-state index in [1.807, 2.05) is 6.07 Å². The van der Waals surface area contributed by atoms with Crippen molar-refractivity contribution in [3.63, 3.8) is 0 Å². The van der Waals surface area contributed by atoms with Gasteiger partial charge < -0.3 is 10.5 Å². The quantitative estimate of drug-likeness (QED) is 0.724. The molecule has 0 aliphatic heterocycles. The SMILES string of the molecule is COc1ccc(CCCCCCN)cc1F. The van der Waals surface area contributed by atoms with E-state index in [9.17, 15) is 4.39 Å². The minimum Gasteiger partial charge on any atom is -0.494 e.